The first-order chi connectivity index (χ1) is 5.21. The Bertz CT molecular complexity index is 149. The first-order valence-corrected chi connectivity index (χ1v) is 3.94. The van der Waals surface area contributed by atoms with E-state index in [9.17, 15) is 4.79 Å². The van der Waals surface area contributed by atoms with Crippen molar-refractivity contribution in [2.75, 3.05) is 13.7 Å². The SMILES string of the molecule is COCCC1(C(=O)O)CCC1. The number of carbonyl (C=O) groups is 1. The lowest BCUT2D eigenvalue weighted by molar-refractivity contribution is -0.156. The van der Waals surface area contributed by atoms with Crippen LogP contribution < -0.4 is 0 Å². The van der Waals surface area contributed by atoms with E-state index in [4.69, 9.17) is 9.84 Å². The van der Waals surface area contributed by atoms with Gasteiger partial charge in [-0.25, -0.2) is 0 Å². The number of rotatable bonds is 4. The van der Waals surface area contributed by atoms with E-state index in [0.29, 0.717) is 13.0 Å². The normalized spacial score (nSPS) is 20.8. The summed E-state index contributed by atoms with van der Waals surface area (Å²) < 4.78 is 4.86. The van der Waals surface area contributed by atoms with Crippen molar-refractivity contribution < 1.29 is 14.6 Å². The number of hydrogen-bond donors (Lipinski definition) is 1. The summed E-state index contributed by atoms with van der Waals surface area (Å²) in [5, 5.41) is 8.85. The molecular weight excluding hydrogens is 144 g/mol. The van der Waals surface area contributed by atoms with Crippen molar-refractivity contribution in [2.24, 2.45) is 5.41 Å². The minimum absolute atomic E-state index is 0.435. The molecule has 3 heteroatoms. The maximum Gasteiger partial charge on any atom is 0.309 e. The second-order valence-corrected chi connectivity index (χ2v) is 3.18. The Morgan fingerprint density at radius 2 is 2.27 bits per heavy atom. The molecule has 0 spiro atoms. The fraction of sp³-hybridized carbons (Fsp3) is 0.875. The summed E-state index contributed by atoms with van der Waals surface area (Å²) in [6, 6.07) is 0. The van der Waals surface area contributed by atoms with Gasteiger partial charge in [0.25, 0.3) is 0 Å². The van der Waals surface area contributed by atoms with Crippen molar-refractivity contribution in [3.63, 3.8) is 0 Å². The number of carboxylic acids is 1. The van der Waals surface area contributed by atoms with E-state index in [1.807, 2.05) is 0 Å². The van der Waals surface area contributed by atoms with Gasteiger partial charge in [0.1, 0.15) is 0 Å². The van der Waals surface area contributed by atoms with Crippen molar-refractivity contribution in [3.8, 4) is 0 Å². The highest BCUT2D eigenvalue weighted by Gasteiger charge is 2.43. The van der Waals surface area contributed by atoms with Crippen LogP contribution in [-0.2, 0) is 9.53 Å². The molecule has 11 heavy (non-hydrogen) atoms. The first-order valence-electron chi connectivity index (χ1n) is 3.94. The van der Waals surface area contributed by atoms with E-state index in [2.05, 4.69) is 0 Å². The lowest BCUT2D eigenvalue weighted by Gasteiger charge is -2.37. The first kappa shape index (κ1) is 8.53. The van der Waals surface area contributed by atoms with Gasteiger partial charge in [0.2, 0.25) is 0 Å². The van der Waals surface area contributed by atoms with Gasteiger partial charge in [-0.05, 0) is 19.3 Å². The zero-order valence-corrected chi connectivity index (χ0v) is 6.80. The monoisotopic (exact) mass is 158 g/mol. The van der Waals surface area contributed by atoms with E-state index in [1.165, 1.54) is 0 Å². The zero-order chi connectivity index (χ0) is 8.32. The van der Waals surface area contributed by atoms with Crippen molar-refractivity contribution in [1.29, 1.82) is 0 Å². The molecule has 0 saturated heterocycles. The molecule has 0 aromatic heterocycles. The average molecular weight is 158 g/mol. The highest BCUT2D eigenvalue weighted by molar-refractivity contribution is 5.75. The molecule has 0 heterocycles. The Morgan fingerprint density at radius 1 is 1.64 bits per heavy atom. The second kappa shape index (κ2) is 3.22. The third-order valence-electron chi connectivity index (χ3n) is 2.55. The standard InChI is InChI=1S/C8H14O3/c1-11-6-5-8(7(9)10)3-2-4-8/h2-6H2,1H3,(H,9,10). The maximum absolute atomic E-state index is 10.8. The van der Waals surface area contributed by atoms with Crippen LogP contribution in [0, 0.1) is 5.41 Å². The minimum Gasteiger partial charge on any atom is -0.481 e. The van der Waals surface area contributed by atoms with Gasteiger partial charge in [0, 0.05) is 13.7 Å². The van der Waals surface area contributed by atoms with E-state index >= 15 is 0 Å². The van der Waals surface area contributed by atoms with Gasteiger partial charge in [-0.1, -0.05) is 6.42 Å². The highest BCUT2D eigenvalue weighted by atomic mass is 16.5. The third kappa shape index (κ3) is 1.53. The molecule has 0 bridgehead atoms. The molecule has 1 aliphatic rings. The Hall–Kier alpha value is -0.570. The van der Waals surface area contributed by atoms with Gasteiger partial charge >= 0.3 is 5.97 Å². The molecule has 1 fully saturated rings. The molecule has 1 rings (SSSR count). The Kier molecular flexibility index (Phi) is 2.49. The molecule has 1 aliphatic carbocycles. The van der Waals surface area contributed by atoms with Crippen molar-refractivity contribution in [2.45, 2.75) is 25.7 Å². The molecule has 0 amide bonds. The van der Waals surface area contributed by atoms with Crippen LogP contribution in [0.3, 0.4) is 0 Å². The van der Waals surface area contributed by atoms with Crippen LogP contribution in [0.4, 0.5) is 0 Å². The second-order valence-electron chi connectivity index (χ2n) is 3.18. The lowest BCUT2D eigenvalue weighted by atomic mass is 9.67. The molecule has 0 aliphatic heterocycles. The van der Waals surface area contributed by atoms with E-state index in [-0.39, 0.29) is 0 Å². The van der Waals surface area contributed by atoms with Crippen molar-refractivity contribution in [1.82, 2.24) is 0 Å². The van der Waals surface area contributed by atoms with Crippen LogP contribution in [0.1, 0.15) is 25.7 Å². The molecular formula is C8H14O3. The summed E-state index contributed by atoms with van der Waals surface area (Å²) >= 11 is 0. The number of carboxylic acid groups (broad SMARTS) is 1. The van der Waals surface area contributed by atoms with Crippen molar-refractivity contribution in [3.05, 3.63) is 0 Å². The number of ether oxygens (including phenoxy) is 1. The summed E-state index contributed by atoms with van der Waals surface area (Å²) in [6.07, 6.45) is 3.37. The van der Waals surface area contributed by atoms with E-state index in [0.717, 1.165) is 19.3 Å². The molecule has 1 N–H and O–H groups in total. The van der Waals surface area contributed by atoms with E-state index in [1.54, 1.807) is 7.11 Å². The summed E-state index contributed by atoms with van der Waals surface area (Å²) in [5.74, 6) is -0.652. The molecule has 1 saturated carbocycles. The summed E-state index contributed by atoms with van der Waals surface area (Å²) in [5.41, 5.74) is -0.435. The topological polar surface area (TPSA) is 46.5 Å². The van der Waals surface area contributed by atoms with Crippen LogP contribution in [0.15, 0.2) is 0 Å². The molecule has 3 nitrogen and oxygen atoms in total. The van der Waals surface area contributed by atoms with Gasteiger partial charge in [-0.15, -0.1) is 0 Å². The molecule has 0 unspecified atom stereocenters. The Balaban J connectivity index is 2.40. The molecule has 0 radical (unpaired) electrons. The quantitative estimate of drug-likeness (QED) is 0.670. The fourth-order valence-corrected chi connectivity index (χ4v) is 1.47. The predicted octanol–water partition coefficient (Wildman–Crippen LogP) is 1.28. The van der Waals surface area contributed by atoms with Gasteiger partial charge in [0.05, 0.1) is 5.41 Å². The Morgan fingerprint density at radius 3 is 2.55 bits per heavy atom. The average Bonchev–Trinajstić information content (AvgIpc) is 1.85. The summed E-state index contributed by atoms with van der Waals surface area (Å²) in [7, 11) is 1.61. The van der Waals surface area contributed by atoms with Gasteiger partial charge in [-0.3, -0.25) is 4.79 Å². The van der Waals surface area contributed by atoms with Gasteiger partial charge in [-0.2, -0.15) is 0 Å². The minimum atomic E-state index is -0.652. The number of hydrogen-bond acceptors (Lipinski definition) is 2. The van der Waals surface area contributed by atoms with Crippen LogP contribution >= 0.6 is 0 Å². The van der Waals surface area contributed by atoms with Crippen LogP contribution in [0.5, 0.6) is 0 Å². The van der Waals surface area contributed by atoms with Crippen LogP contribution in [0.25, 0.3) is 0 Å². The van der Waals surface area contributed by atoms with Gasteiger partial charge < -0.3 is 9.84 Å². The fourth-order valence-electron chi connectivity index (χ4n) is 1.47. The highest BCUT2D eigenvalue weighted by Crippen LogP contribution is 2.43. The summed E-state index contributed by atoms with van der Waals surface area (Å²) in [6.45, 7) is 0.562. The van der Waals surface area contributed by atoms with Crippen LogP contribution in [-0.4, -0.2) is 24.8 Å². The van der Waals surface area contributed by atoms with Crippen molar-refractivity contribution >= 4 is 5.97 Å². The lowest BCUT2D eigenvalue weighted by Crippen LogP contribution is -2.38. The molecule has 64 valence electrons. The number of methoxy groups -OCH3 is 1. The molecule has 0 aromatic carbocycles. The third-order valence-corrected chi connectivity index (χ3v) is 2.55. The maximum atomic E-state index is 10.8. The predicted molar refractivity (Wildman–Crippen MR) is 40.4 cm³/mol. The Labute approximate surface area is 66.4 Å². The van der Waals surface area contributed by atoms with E-state index < -0.39 is 11.4 Å². The summed E-state index contributed by atoms with van der Waals surface area (Å²) in [4.78, 5) is 10.8. The molecule has 0 atom stereocenters. The van der Waals surface area contributed by atoms with Crippen LogP contribution in [0.2, 0.25) is 0 Å². The zero-order valence-electron chi connectivity index (χ0n) is 6.80. The molecule has 0 aromatic rings. The smallest absolute Gasteiger partial charge is 0.309 e. The largest absolute Gasteiger partial charge is 0.481 e. The number of aliphatic carboxylic acids is 1. The van der Waals surface area contributed by atoms with Gasteiger partial charge in [0.15, 0.2) is 0 Å².